The van der Waals surface area contributed by atoms with E-state index in [1.807, 2.05) is 6.07 Å². The average Bonchev–Trinajstić information content (AvgIpc) is 2.28. The van der Waals surface area contributed by atoms with Crippen molar-refractivity contribution in [3.63, 3.8) is 0 Å². The van der Waals surface area contributed by atoms with Crippen LogP contribution in [0.1, 0.15) is 28.4 Å². The summed E-state index contributed by atoms with van der Waals surface area (Å²) in [6.07, 6.45) is 0. The number of aliphatic hydroxyl groups is 1. The number of benzene rings is 1. The molecule has 16 heavy (non-hydrogen) atoms. The summed E-state index contributed by atoms with van der Waals surface area (Å²) >= 11 is 4.14. The van der Waals surface area contributed by atoms with E-state index in [-0.39, 0.29) is 18.8 Å². The highest BCUT2D eigenvalue weighted by Crippen LogP contribution is 2.23. The van der Waals surface area contributed by atoms with Crippen molar-refractivity contribution in [2.75, 3.05) is 6.61 Å². The molecule has 0 spiro atoms. The van der Waals surface area contributed by atoms with Crippen LogP contribution in [0.4, 0.5) is 0 Å². The molecule has 0 aliphatic rings. The van der Waals surface area contributed by atoms with Gasteiger partial charge in [-0.2, -0.15) is 5.26 Å². The number of ether oxygens (including phenoxy) is 1. The fourth-order valence-corrected chi connectivity index (χ4v) is 1.63. The Hall–Kier alpha value is -1.51. The Morgan fingerprint density at radius 1 is 1.62 bits per heavy atom. The number of hydrogen-bond acceptors (Lipinski definition) is 5. The third kappa shape index (κ3) is 2.35. The molecule has 0 radical (unpaired) electrons. The molecule has 0 atom stereocenters. The highest BCUT2D eigenvalue weighted by molar-refractivity contribution is 7.80. The van der Waals surface area contributed by atoms with Crippen molar-refractivity contribution in [2.45, 2.75) is 18.4 Å². The van der Waals surface area contributed by atoms with Gasteiger partial charge in [0.15, 0.2) is 0 Å². The molecule has 4 nitrogen and oxygen atoms in total. The quantitative estimate of drug-likeness (QED) is 0.617. The Morgan fingerprint density at radius 3 is 2.81 bits per heavy atom. The second-order valence-electron chi connectivity index (χ2n) is 2.98. The number of hydrogen-bond donors (Lipinski definition) is 2. The summed E-state index contributed by atoms with van der Waals surface area (Å²) in [7, 11) is 0. The maximum absolute atomic E-state index is 11.5. The van der Waals surface area contributed by atoms with Crippen molar-refractivity contribution >= 4 is 18.6 Å². The summed E-state index contributed by atoms with van der Waals surface area (Å²) in [4.78, 5) is 11.8. The van der Waals surface area contributed by atoms with Gasteiger partial charge in [0.05, 0.1) is 30.4 Å². The first kappa shape index (κ1) is 12.6. The Morgan fingerprint density at radius 2 is 2.31 bits per heavy atom. The van der Waals surface area contributed by atoms with Gasteiger partial charge in [-0.25, -0.2) is 4.79 Å². The summed E-state index contributed by atoms with van der Waals surface area (Å²) in [6, 6.07) is 4.86. The van der Waals surface area contributed by atoms with E-state index in [2.05, 4.69) is 12.6 Å². The van der Waals surface area contributed by atoms with Gasteiger partial charge in [-0.3, -0.25) is 0 Å². The van der Waals surface area contributed by atoms with Crippen LogP contribution in [0.25, 0.3) is 0 Å². The second kappa shape index (κ2) is 5.54. The van der Waals surface area contributed by atoms with Crippen LogP contribution >= 0.6 is 12.6 Å². The van der Waals surface area contributed by atoms with Crippen LogP contribution in [0.15, 0.2) is 17.0 Å². The SMILES string of the molecule is CCOC(=O)c1ccc(C#N)c(CO)c1S. The molecule has 0 aliphatic heterocycles. The molecule has 0 aliphatic carbocycles. The zero-order chi connectivity index (χ0) is 12.1. The highest BCUT2D eigenvalue weighted by atomic mass is 32.1. The summed E-state index contributed by atoms with van der Waals surface area (Å²) in [6.45, 7) is 1.63. The molecule has 0 amide bonds. The van der Waals surface area contributed by atoms with Gasteiger partial charge in [0.1, 0.15) is 0 Å². The van der Waals surface area contributed by atoms with E-state index in [0.29, 0.717) is 16.0 Å². The van der Waals surface area contributed by atoms with E-state index < -0.39 is 5.97 Å². The van der Waals surface area contributed by atoms with Gasteiger partial charge in [-0.15, -0.1) is 12.6 Å². The Balaban J connectivity index is 3.25. The van der Waals surface area contributed by atoms with Gasteiger partial charge in [-0.05, 0) is 19.1 Å². The number of rotatable bonds is 3. The molecule has 0 bridgehead atoms. The molecule has 0 fully saturated rings. The molecule has 0 saturated heterocycles. The van der Waals surface area contributed by atoms with Gasteiger partial charge >= 0.3 is 5.97 Å². The highest BCUT2D eigenvalue weighted by Gasteiger charge is 2.16. The van der Waals surface area contributed by atoms with E-state index >= 15 is 0 Å². The minimum atomic E-state index is -0.508. The van der Waals surface area contributed by atoms with Crippen molar-refractivity contribution in [3.05, 3.63) is 28.8 Å². The molecular weight excluding hydrogens is 226 g/mol. The molecule has 0 unspecified atom stereocenters. The summed E-state index contributed by atoms with van der Waals surface area (Å²) in [5.41, 5.74) is 0.908. The number of thiol groups is 1. The van der Waals surface area contributed by atoms with E-state index in [0.717, 1.165) is 0 Å². The van der Waals surface area contributed by atoms with Crippen LogP contribution in [-0.4, -0.2) is 17.7 Å². The summed E-state index contributed by atoms with van der Waals surface area (Å²) in [5, 5.41) is 17.9. The second-order valence-corrected chi connectivity index (χ2v) is 3.43. The zero-order valence-corrected chi connectivity index (χ0v) is 9.62. The number of aliphatic hydroxyl groups excluding tert-OH is 1. The molecule has 0 saturated carbocycles. The summed E-state index contributed by atoms with van der Waals surface area (Å²) in [5.74, 6) is -0.508. The summed E-state index contributed by atoms with van der Waals surface area (Å²) < 4.78 is 4.83. The number of carbonyl (C=O) groups is 1. The molecule has 1 N–H and O–H groups in total. The zero-order valence-electron chi connectivity index (χ0n) is 8.73. The molecule has 1 aromatic rings. The lowest BCUT2D eigenvalue weighted by Crippen LogP contribution is -2.08. The van der Waals surface area contributed by atoms with Crippen LogP contribution < -0.4 is 0 Å². The van der Waals surface area contributed by atoms with Crippen LogP contribution in [0, 0.1) is 11.3 Å². The van der Waals surface area contributed by atoms with Crippen molar-refractivity contribution in [1.82, 2.24) is 0 Å². The number of carbonyl (C=O) groups excluding carboxylic acids is 1. The predicted octanol–water partition coefficient (Wildman–Crippen LogP) is 1.52. The van der Waals surface area contributed by atoms with Gasteiger partial charge in [-0.1, -0.05) is 0 Å². The molecule has 5 heteroatoms. The van der Waals surface area contributed by atoms with Gasteiger partial charge in [0, 0.05) is 10.5 Å². The normalized spacial score (nSPS) is 9.62. The van der Waals surface area contributed by atoms with Crippen molar-refractivity contribution in [2.24, 2.45) is 0 Å². The Kier molecular flexibility index (Phi) is 4.35. The molecular formula is C11H11NO3S. The fourth-order valence-electron chi connectivity index (χ4n) is 1.27. The average molecular weight is 237 g/mol. The monoisotopic (exact) mass is 237 g/mol. The molecule has 0 heterocycles. The van der Waals surface area contributed by atoms with Gasteiger partial charge in [0.2, 0.25) is 0 Å². The maximum atomic E-state index is 11.5. The molecule has 0 aromatic heterocycles. The van der Waals surface area contributed by atoms with Gasteiger partial charge in [0.25, 0.3) is 0 Å². The lowest BCUT2D eigenvalue weighted by molar-refractivity contribution is 0.0522. The lowest BCUT2D eigenvalue weighted by Gasteiger charge is -2.09. The molecule has 1 aromatic carbocycles. The standard InChI is InChI=1S/C11H11NO3S/c1-2-15-11(14)8-4-3-7(5-12)9(6-13)10(8)16/h3-4,13,16H,2,6H2,1H3. The first-order valence-corrected chi connectivity index (χ1v) is 5.13. The number of nitrogens with zero attached hydrogens (tertiary/aromatic N) is 1. The third-order valence-electron chi connectivity index (χ3n) is 2.06. The minimum Gasteiger partial charge on any atom is -0.462 e. The van der Waals surface area contributed by atoms with E-state index in [1.54, 1.807) is 6.92 Å². The minimum absolute atomic E-state index is 0.258. The van der Waals surface area contributed by atoms with Crippen molar-refractivity contribution in [3.8, 4) is 6.07 Å². The largest absolute Gasteiger partial charge is 0.462 e. The first-order valence-electron chi connectivity index (χ1n) is 4.68. The first-order chi connectivity index (χ1) is 7.65. The van der Waals surface area contributed by atoms with Crippen LogP contribution in [0.3, 0.4) is 0 Å². The maximum Gasteiger partial charge on any atom is 0.339 e. The smallest absolute Gasteiger partial charge is 0.339 e. The van der Waals surface area contributed by atoms with E-state index in [4.69, 9.17) is 15.1 Å². The lowest BCUT2D eigenvalue weighted by atomic mass is 10.0. The van der Waals surface area contributed by atoms with E-state index in [9.17, 15) is 4.79 Å². The van der Waals surface area contributed by atoms with Crippen molar-refractivity contribution < 1.29 is 14.6 Å². The van der Waals surface area contributed by atoms with Crippen molar-refractivity contribution in [1.29, 1.82) is 5.26 Å². The predicted molar refractivity (Wildman–Crippen MR) is 60.3 cm³/mol. The number of nitriles is 1. The van der Waals surface area contributed by atoms with Crippen LogP contribution in [0.5, 0.6) is 0 Å². The molecule has 84 valence electrons. The fraction of sp³-hybridized carbons (Fsp3) is 0.273. The molecule has 1 rings (SSSR count). The Bertz CT molecular complexity index is 451. The van der Waals surface area contributed by atoms with E-state index in [1.165, 1.54) is 12.1 Å². The number of esters is 1. The van der Waals surface area contributed by atoms with Gasteiger partial charge < -0.3 is 9.84 Å². The third-order valence-corrected chi connectivity index (χ3v) is 2.57. The van der Waals surface area contributed by atoms with Crippen LogP contribution in [0.2, 0.25) is 0 Å². The van der Waals surface area contributed by atoms with Crippen LogP contribution in [-0.2, 0) is 11.3 Å². The Labute approximate surface area is 98.9 Å². The topological polar surface area (TPSA) is 70.3 Å².